The minimum atomic E-state index is -0.0983. The zero-order valence-electron chi connectivity index (χ0n) is 13.6. The Hall–Kier alpha value is -1.42. The number of rotatable bonds is 0. The van der Waals surface area contributed by atoms with E-state index in [-0.39, 0.29) is 34.8 Å². The van der Waals surface area contributed by atoms with Crippen molar-refractivity contribution in [3.63, 3.8) is 0 Å². The molecule has 0 amide bonds. The van der Waals surface area contributed by atoms with Gasteiger partial charge in [0.25, 0.3) is 0 Å². The van der Waals surface area contributed by atoms with Crippen LogP contribution in [-0.4, -0.2) is 30.6 Å². The number of fused-ring (bicyclic) bond motifs is 8. The van der Waals surface area contributed by atoms with Gasteiger partial charge >= 0.3 is 5.97 Å². The summed E-state index contributed by atoms with van der Waals surface area (Å²) >= 11 is 0. The third-order valence-corrected chi connectivity index (χ3v) is 7.30. The Morgan fingerprint density at radius 1 is 1.22 bits per heavy atom. The molecule has 122 valence electrons. The Labute approximate surface area is 135 Å². The molecule has 0 radical (unpaired) electrons. The fourth-order valence-corrected chi connectivity index (χ4v) is 5.91. The molecule has 2 saturated carbocycles. The van der Waals surface area contributed by atoms with Gasteiger partial charge < -0.3 is 9.47 Å². The largest absolute Gasteiger partial charge is 0.465 e. The molecule has 2 heterocycles. The van der Waals surface area contributed by atoms with E-state index in [0.717, 1.165) is 12.8 Å². The topological polar surface area (TPSA) is 55.9 Å². The zero-order chi connectivity index (χ0) is 16.0. The zero-order valence-corrected chi connectivity index (χ0v) is 13.6. The Kier molecular flexibility index (Phi) is 2.52. The van der Waals surface area contributed by atoms with Gasteiger partial charge in [0.15, 0.2) is 5.78 Å². The summed E-state index contributed by atoms with van der Waals surface area (Å²) in [6.45, 7) is 5.07. The summed E-state index contributed by atoms with van der Waals surface area (Å²) in [7, 11) is 0. The quantitative estimate of drug-likeness (QED) is 0.509. The SMILES string of the molecule is C[C@]12CC[C@H]3[C@@H]([C@@H]4O[C@@H]4C4=CC(=O)C=C[C@@]43C)[C@@H]1CC(=O)OC2. The van der Waals surface area contributed by atoms with Crippen molar-refractivity contribution in [3.05, 3.63) is 23.8 Å². The monoisotopic (exact) mass is 314 g/mol. The van der Waals surface area contributed by atoms with Crippen molar-refractivity contribution in [2.24, 2.45) is 28.6 Å². The average molecular weight is 314 g/mol. The summed E-state index contributed by atoms with van der Waals surface area (Å²) in [5.74, 6) is 1.19. The molecule has 4 nitrogen and oxygen atoms in total. The molecule has 0 spiro atoms. The van der Waals surface area contributed by atoms with Crippen molar-refractivity contribution in [3.8, 4) is 0 Å². The minimum Gasteiger partial charge on any atom is -0.465 e. The van der Waals surface area contributed by atoms with Crippen molar-refractivity contribution in [2.75, 3.05) is 6.61 Å². The summed E-state index contributed by atoms with van der Waals surface area (Å²) in [6, 6.07) is 0. The van der Waals surface area contributed by atoms with E-state index in [2.05, 4.69) is 19.9 Å². The Balaban J connectivity index is 1.58. The molecule has 5 rings (SSSR count). The smallest absolute Gasteiger partial charge is 0.306 e. The number of esters is 1. The number of hydrogen-bond acceptors (Lipinski definition) is 4. The number of allylic oxidation sites excluding steroid dienone is 3. The highest BCUT2D eigenvalue weighted by molar-refractivity contribution is 6.01. The maximum absolute atomic E-state index is 11.9. The van der Waals surface area contributed by atoms with E-state index < -0.39 is 0 Å². The summed E-state index contributed by atoms with van der Waals surface area (Å²) in [5.41, 5.74) is 1.15. The second kappa shape index (κ2) is 4.15. The van der Waals surface area contributed by atoms with Crippen LogP contribution in [0.5, 0.6) is 0 Å². The van der Waals surface area contributed by atoms with Gasteiger partial charge in [0.2, 0.25) is 0 Å². The van der Waals surface area contributed by atoms with Crippen molar-refractivity contribution >= 4 is 11.8 Å². The molecule has 2 aliphatic heterocycles. The lowest BCUT2D eigenvalue weighted by molar-refractivity contribution is -0.171. The van der Waals surface area contributed by atoms with E-state index in [9.17, 15) is 9.59 Å². The van der Waals surface area contributed by atoms with Crippen LogP contribution in [0, 0.1) is 28.6 Å². The third kappa shape index (κ3) is 1.70. The molecule has 0 unspecified atom stereocenters. The van der Waals surface area contributed by atoms with E-state index in [4.69, 9.17) is 9.47 Å². The average Bonchev–Trinajstić information content (AvgIpc) is 3.29. The van der Waals surface area contributed by atoms with Gasteiger partial charge in [-0.15, -0.1) is 0 Å². The molecule has 0 aromatic heterocycles. The summed E-state index contributed by atoms with van der Waals surface area (Å²) in [6.07, 6.45) is 8.58. The van der Waals surface area contributed by atoms with Crippen molar-refractivity contribution in [1.29, 1.82) is 0 Å². The van der Waals surface area contributed by atoms with E-state index in [1.807, 2.05) is 0 Å². The molecule has 3 aliphatic carbocycles. The van der Waals surface area contributed by atoms with Gasteiger partial charge in [0.1, 0.15) is 6.10 Å². The lowest BCUT2D eigenvalue weighted by Gasteiger charge is -2.57. The number of carbonyl (C=O) groups is 2. The first-order valence-electron chi connectivity index (χ1n) is 8.69. The van der Waals surface area contributed by atoms with Crippen molar-refractivity contribution in [2.45, 2.75) is 45.3 Å². The van der Waals surface area contributed by atoms with Crippen LogP contribution in [0.1, 0.15) is 33.1 Å². The van der Waals surface area contributed by atoms with Crippen LogP contribution in [0.3, 0.4) is 0 Å². The molecule has 4 heteroatoms. The number of carbonyl (C=O) groups excluding carboxylic acids is 2. The fourth-order valence-electron chi connectivity index (χ4n) is 5.91. The Bertz CT molecular complexity index is 677. The number of ketones is 1. The van der Waals surface area contributed by atoms with Gasteiger partial charge in [-0.25, -0.2) is 0 Å². The molecule has 23 heavy (non-hydrogen) atoms. The van der Waals surface area contributed by atoms with Crippen molar-refractivity contribution in [1.82, 2.24) is 0 Å². The second-order valence-corrected chi connectivity index (χ2v) is 8.49. The molecule has 0 bridgehead atoms. The van der Waals surface area contributed by atoms with Gasteiger partial charge in [-0.3, -0.25) is 9.59 Å². The summed E-state index contributed by atoms with van der Waals surface area (Å²) in [4.78, 5) is 23.8. The van der Waals surface area contributed by atoms with Crippen LogP contribution < -0.4 is 0 Å². The van der Waals surface area contributed by atoms with Crippen LogP contribution in [0.4, 0.5) is 0 Å². The Morgan fingerprint density at radius 2 is 2.04 bits per heavy atom. The van der Waals surface area contributed by atoms with Gasteiger partial charge in [0.05, 0.1) is 12.7 Å². The van der Waals surface area contributed by atoms with Gasteiger partial charge in [-0.05, 0) is 48.3 Å². The maximum Gasteiger partial charge on any atom is 0.306 e. The molecular formula is C19H22O4. The van der Waals surface area contributed by atoms with E-state index in [1.54, 1.807) is 12.2 Å². The molecule has 0 aromatic carbocycles. The van der Waals surface area contributed by atoms with Crippen LogP contribution in [0.2, 0.25) is 0 Å². The molecule has 2 saturated heterocycles. The van der Waals surface area contributed by atoms with E-state index in [0.29, 0.717) is 30.8 Å². The standard InChI is InChI=1S/C19H22O4/c1-18-5-4-11-15(12(18)8-14(21)22-9-18)17-16(23-17)13-7-10(20)3-6-19(11,13)2/h3,6-7,11-12,15-17H,4-5,8-9H2,1-2H3/t11-,12-,15+,16+,17-,18+,19+/m0/s1. The number of epoxide rings is 1. The van der Waals surface area contributed by atoms with Gasteiger partial charge in [-0.2, -0.15) is 0 Å². The van der Waals surface area contributed by atoms with Crippen LogP contribution in [-0.2, 0) is 19.1 Å². The van der Waals surface area contributed by atoms with E-state index in [1.165, 1.54) is 5.57 Å². The normalized spacial score (nSPS) is 53.3. The second-order valence-electron chi connectivity index (χ2n) is 8.49. The first-order chi connectivity index (χ1) is 10.9. The number of cyclic esters (lactones) is 1. The van der Waals surface area contributed by atoms with Crippen LogP contribution >= 0.6 is 0 Å². The first kappa shape index (κ1) is 14.0. The predicted octanol–water partition coefficient (Wildman–Crippen LogP) is 2.43. The molecule has 0 N–H and O–H groups in total. The summed E-state index contributed by atoms with van der Waals surface area (Å²) in [5, 5.41) is 0. The highest BCUT2D eigenvalue weighted by atomic mass is 16.6. The Morgan fingerprint density at radius 3 is 2.87 bits per heavy atom. The van der Waals surface area contributed by atoms with Crippen molar-refractivity contribution < 1.29 is 19.1 Å². The minimum absolute atomic E-state index is 0.0637. The number of ether oxygens (including phenoxy) is 2. The molecule has 7 atom stereocenters. The summed E-state index contributed by atoms with van der Waals surface area (Å²) < 4.78 is 11.4. The fraction of sp³-hybridized carbons (Fsp3) is 0.684. The molecule has 4 fully saturated rings. The lowest BCUT2D eigenvalue weighted by Crippen LogP contribution is -2.56. The lowest BCUT2D eigenvalue weighted by atomic mass is 9.47. The first-order valence-corrected chi connectivity index (χ1v) is 8.69. The van der Waals surface area contributed by atoms with Gasteiger partial charge in [0, 0.05) is 17.3 Å². The highest BCUT2D eigenvalue weighted by Crippen LogP contribution is 2.66. The number of hydrogen-bond donors (Lipinski definition) is 0. The van der Waals surface area contributed by atoms with Crippen LogP contribution in [0.25, 0.3) is 0 Å². The maximum atomic E-state index is 11.9. The van der Waals surface area contributed by atoms with E-state index >= 15 is 0 Å². The highest BCUT2D eigenvalue weighted by Gasteiger charge is 2.67. The molecule has 0 aromatic rings. The molecular weight excluding hydrogens is 292 g/mol. The predicted molar refractivity (Wildman–Crippen MR) is 82.4 cm³/mol. The third-order valence-electron chi connectivity index (χ3n) is 7.30. The van der Waals surface area contributed by atoms with Crippen LogP contribution in [0.15, 0.2) is 23.8 Å². The van der Waals surface area contributed by atoms with Gasteiger partial charge in [-0.1, -0.05) is 19.9 Å². The molecule has 5 aliphatic rings.